The molecule has 3 aliphatic rings. The lowest BCUT2D eigenvalue weighted by molar-refractivity contribution is 0.0272. The fourth-order valence-electron chi connectivity index (χ4n) is 5.69. The number of hydrogen-bond donors (Lipinski definition) is 2. The number of fused-ring (bicyclic) bond motifs is 1. The normalized spacial score (nSPS) is 23.0. The zero-order valence-electron chi connectivity index (χ0n) is 23.6. The summed E-state index contributed by atoms with van der Waals surface area (Å²) in [6, 6.07) is 3.32. The van der Waals surface area contributed by atoms with E-state index in [1.807, 2.05) is 0 Å². The van der Waals surface area contributed by atoms with E-state index in [1.165, 1.54) is 19.1 Å². The second-order valence-electron chi connectivity index (χ2n) is 12.3. The quantitative estimate of drug-likeness (QED) is 0.396. The first-order chi connectivity index (χ1) is 19.6. The van der Waals surface area contributed by atoms with Crippen molar-refractivity contribution in [2.75, 3.05) is 18.4 Å². The van der Waals surface area contributed by atoms with Crippen molar-refractivity contribution in [1.29, 1.82) is 0 Å². The van der Waals surface area contributed by atoms with Gasteiger partial charge in [-0.15, -0.1) is 0 Å². The lowest BCUT2D eigenvalue weighted by atomic mass is 10.0. The van der Waals surface area contributed by atoms with E-state index in [0.717, 1.165) is 22.9 Å². The molecule has 3 fully saturated rings. The van der Waals surface area contributed by atoms with Gasteiger partial charge in [0, 0.05) is 48.8 Å². The Kier molecular flexibility index (Phi) is 7.51. The van der Waals surface area contributed by atoms with Crippen molar-refractivity contribution >= 4 is 17.7 Å². The van der Waals surface area contributed by atoms with Gasteiger partial charge in [0.15, 0.2) is 0 Å². The first-order valence-corrected chi connectivity index (χ1v) is 13.8. The highest BCUT2D eigenvalue weighted by atomic mass is 19.3. The summed E-state index contributed by atoms with van der Waals surface area (Å²) in [5, 5.41) is 5.74. The number of pyridine rings is 1. The van der Waals surface area contributed by atoms with E-state index >= 15 is 0 Å². The number of alkyl halides is 4. The number of rotatable bonds is 8. The topological polar surface area (TPSA) is 92.7 Å². The molecule has 2 aromatic rings. The van der Waals surface area contributed by atoms with Crippen molar-refractivity contribution < 1.29 is 36.3 Å². The number of ether oxygens (including phenoxy) is 1. The monoisotopic (exact) mass is 596 g/mol. The highest BCUT2D eigenvalue weighted by Crippen LogP contribution is 2.49. The van der Waals surface area contributed by atoms with Crippen molar-refractivity contribution in [3.63, 3.8) is 0 Å². The Morgan fingerprint density at radius 1 is 1.07 bits per heavy atom. The van der Waals surface area contributed by atoms with E-state index in [-0.39, 0.29) is 47.5 Å². The molecule has 2 saturated carbocycles. The van der Waals surface area contributed by atoms with Gasteiger partial charge in [0.1, 0.15) is 17.0 Å². The predicted molar refractivity (Wildman–Crippen MR) is 143 cm³/mol. The summed E-state index contributed by atoms with van der Waals surface area (Å²) < 4.78 is 75.3. The SMILES string of the molecule is C[C@@H](NC(=O)c1cn(C2(C(F)F)CC2)c(=O)cc1N[C@H]1[C@@H]2CN(C(=O)OC(C)(C)C)C[C@@H]21)c1cccc(C(F)F)c1F. The average Bonchev–Trinajstić information content (AvgIpc) is 3.77. The molecule has 4 atom stereocenters. The molecule has 228 valence electrons. The molecule has 8 nitrogen and oxygen atoms in total. The van der Waals surface area contributed by atoms with Gasteiger partial charge in [0.05, 0.1) is 22.9 Å². The van der Waals surface area contributed by atoms with Gasteiger partial charge in [0.2, 0.25) is 0 Å². The first-order valence-electron chi connectivity index (χ1n) is 13.8. The number of benzene rings is 1. The maximum atomic E-state index is 14.8. The molecule has 0 spiro atoms. The molecule has 0 unspecified atom stereocenters. The number of nitrogens with zero attached hydrogens (tertiary/aromatic N) is 2. The molecule has 0 bridgehead atoms. The number of nitrogens with one attached hydrogen (secondary N) is 2. The lowest BCUT2D eigenvalue weighted by Gasteiger charge is -2.26. The average molecular weight is 597 g/mol. The van der Waals surface area contributed by atoms with Crippen LogP contribution >= 0.6 is 0 Å². The first kappa shape index (κ1) is 29.8. The molecular weight excluding hydrogens is 563 g/mol. The Labute approximate surface area is 239 Å². The van der Waals surface area contributed by atoms with Crippen LogP contribution in [0, 0.1) is 17.7 Å². The van der Waals surface area contributed by atoms with E-state index in [4.69, 9.17) is 4.74 Å². The highest BCUT2D eigenvalue weighted by Gasteiger charge is 2.58. The second-order valence-corrected chi connectivity index (χ2v) is 12.3. The van der Waals surface area contributed by atoms with Gasteiger partial charge < -0.3 is 24.8 Å². The van der Waals surface area contributed by atoms with E-state index in [0.29, 0.717) is 13.1 Å². The van der Waals surface area contributed by atoms with Crippen molar-refractivity contribution in [2.45, 2.75) is 76.6 Å². The number of carbonyl (C=O) groups is 2. The molecule has 2 aliphatic carbocycles. The number of likely N-dealkylation sites (tertiary alicyclic amines) is 1. The van der Waals surface area contributed by atoms with Gasteiger partial charge in [-0.3, -0.25) is 9.59 Å². The minimum atomic E-state index is -3.06. The molecule has 5 rings (SSSR count). The number of aromatic nitrogens is 1. The van der Waals surface area contributed by atoms with Gasteiger partial charge in [0.25, 0.3) is 24.3 Å². The van der Waals surface area contributed by atoms with E-state index in [2.05, 4.69) is 10.6 Å². The fourth-order valence-corrected chi connectivity index (χ4v) is 5.69. The number of carbonyl (C=O) groups excluding carboxylic acids is 2. The Morgan fingerprint density at radius 3 is 2.24 bits per heavy atom. The van der Waals surface area contributed by atoms with Crippen LogP contribution in [0.15, 0.2) is 35.3 Å². The van der Waals surface area contributed by atoms with Gasteiger partial charge in [-0.1, -0.05) is 18.2 Å². The number of amides is 2. The van der Waals surface area contributed by atoms with Crippen LogP contribution in [0.5, 0.6) is 0 Å². The minimum absolute atomic E-state index is 0.0248. The summed E-state index contributed by atoms with van der Waals surface area (Å²) in [7, 11) is 0. The summed E-state index contributed by atoms with van der Waals surface area (Å²) in [4.78, 5) is 40.5. The molecule has 42 heavy (non-hydrogen) atoms. The highest BCUT2D eigenvalue weighted by molar-refractivity contribution is 5.99. The van der Waals surface area contributed by atoms with E-state index < -0.39 is 59.0 Å². The maximum Gasteiger partial charge on any atom is 0.410 e. The maximum absolute atomic E-state index is 14.8. The zero-order chi connectivity index (χ0) is 30.7. The van der Waals surface area contributed by atoms with Gasteiger partial charge in [-0.25, -0.2) is 26.7 Å². The van der Waals surface area contributed by atoms with Gasteiger partial charge in [-0.05, 0) is 40.5 Å². The van der Waals surface area contributed by atoms with Crippen LogP contribution < -0.4 is 16.2 Å². The zero-order valence-corrected chi connectivity index (χ0v) is 23.6. The van der Waals surface area contributed by atoms with Crippen LogP contribution in [-0.4, -0.2) is 52.6 Å². The summed E-state index contributed by atoms with van der Waals surface area (Å²) >= 11 is 0. The third-order valence-electron chi connectivity index (χ3n) is 8.22. The number of anilines is 1. The largest absolute Gasteiger partial charge is 0.444 e. The Hall–Kier alpha value is -3.64. The van der Waals surface area contributed by atoms with Crippen molar-refractivity contribution in [1.82, 2.24) is 14.8 Å². The van der Waals surface area contributed by atoms with E-state index in [1.54, 1.807) is 25.7 Å². The third kappa shape index (κ3) is 5.57. The number of hydrogen-bond acceptors (Lipinski definition) is 5. The summed E-state index contributed by atoms with van der Waals surface area (Å²) in [6.45, 7) is 7.52. The summed E-state index contributed by atoms with van der Waals surface area (Å²) in [6.07, 6.45) is -5.11. The van der Waals surface area contributed by atoms with Crippen LogP contribution in [0.3, 0.4) is 0 Å². The molecule has 1 aromatic heterocycles. The standard InChI is InChI=1S/C29H33F5N4O4/c1-14(15-6-5-7-16(22(15)30)24(31)32)35-25(40)19-13-38(29(8-9-29)26(33)34)21(39)10-20(19)36-23-17-11-37(12-18(17)23)27(41)42-28(2,3)4/h5-7,10,13-14,17-18,23-24,26,36H,8-9,11-12H2,1-4H3,(H,35,40)/t14-,17-,18+,23+/m1/s1. The van der Waals surface area contributed by atoms with Crippen LogP contribution in [-0.2, 0) is 10.3 Å². The molecule has 1 saturated heterocycles. The number of piperidine rings is 1. The predicted octanol–water partition coefficient (Wildman–Crippen LogP) is 5.45. The lowest BCUT2D eigenvalue weighted by Crippen LogP contribution is -2.39. The fraction of sp³-hybridized carbons (Fsp3) is 0.552. The van der Waals surface area contributed by atoms with Crippen LogP contribution in [0.4, 0.5) is 32.4 Å². The molecule has 2 N–H and O–H groups in total. The smallest absolute Gasteiger partial charge is 0.410 e. The molecule has 1 aromatic carbocycles. The van der Waals surface area contributed by atoms with Crippen molar-refractivity contribution in [3.8, 4) is 0 Å². The van der Waals surface area contributed by atoms with Gasteiger partial charge >= 0.3 is 6.09 Å². The Bertz CT molecular complexity index is 1440. The van der Waals surface area contributed by atoms with Crippen molar-refractivity contribution in [3.05, 3.63) is 63.3 Å². The molecular formula is C29H33F5N4O4. The molecule has 0 radical (unpaired) electrons. The summed E-state index contributed by atoms with van der Waals surface area (Å²) in [5.74, 6) is -1.90. The Balaban J connectivity index is 1.38. The van der Waals surface area contributed by atoms with Gasteiger partial charge in [-0.2, -0.15) is 0 Å². The Morgan fingerprint density at radius 2 is 1.69 bits per heavy atom. The molecule has 2 heterocycles. The molecule has 2 amide bonds. The van der Waals surface area contributed by atoms with Crippen LogP contribution in [0.2, 0.25) is 0 Å². The third-order valence-corrected chi connectivity index (χ3v) is 8.22. The summed E-state index contributed by atoms with van der Waals surface area (Å²) in [5.41, 5.74) is -4.06. The van der Waals surface area contributed by atoms with Crippen molar-refractivity contribution in [2.24, 2.45) is 11.8 Å². The van der Waals surface area contributed by atoms with Crippen LogP contribution in [0.25, 0.3) is 0 Å². The minimum Gasteiger partial charge on any atom is -0.444 e. The second kappa shape index (κ2) is 10.6. The molecule has 13 heteroatoms. The van der Waals surface area contributed by atoms with E-state index in [9.17, 15) is 36.3 Å². The number of halogens is 5. The molecule has 1 aliphatic heterocycles. The van der Waals surface area contributed by atoms with Crippen LogP contribution in [0.1, 0.15) is 74.5 Å².